The topological polar surface area (TPSA) is 51.9 Å². The highest BCUT2D eigenvalue weighted by Gasteiger charge is 2.17. The summed E-state index contributed by atoms with van der Waals surface area (Å²) >= 11 is 3.62. The SMILES string of the molecule is CC(C)(C)[SiH2]OCc1nc2ccc(N3CCOCC3)nn2c1Br. The Morgan fingerprint density at radius 3 is 2.74 bits per heavy atom. The second kappa shape index (κ2) is 6.88. The van der Waals surface area contributed by atoms with Crippen LogP contribution in [0.2, 0.25) is 5.04 Å². The molecule has 126 valence electrons. The molecule has 0 radical (unpaired) electrons. The molecule has 0 amide bonds. The van der Waals surface area contributed by atoms with Gasteiger partial charge in [-0.05, 0) is 33.1 Å². The summed E-state index contributed by atoms with van der Waals surface area (Å²) in [5, 5.41) is 4.99. The van der Waals surface area contributed by atoms with E-state index in [0.717, 1.165) is 48.1 Å². The fraction of sp³-hybridized carbons (Fsp3) is 0.600. The van der Waals surface area contributed by atoms with Gasteiger partial charge in [-0.1, -0.05) is 20.8 Å². The zero-order valence-electron chi connectivity index (χ0n) is 13.9. The van der Waals surface area contributed by atoms with E-state index in [1.165, 1.54) is 0 Å². The van der Waals surface area contributed by atoms with Crippen molar-refractivity contribution >= 4 is 37.2 Å². The summed E-state index contributed by atoms with van der Waals surface area (Å²) in [6.07, 6.45) is 0. The average Bonchev–Trinajstić information content (AvgIpc) is 2.83. The predicted molar refractivity (Wildman–Crippen MR) is 96.8 cm³/mol. The minimum absolute atomic E-state index is 0.285. The number of halogens is 1. The molecule has 0 saturated carbocycles. The van der Waals surface area contributed by atoms with Gasteiger partial charge in [-0.2, -0.15) is 0 Å². The highest BCUT2D eigenvalue weighted by molar-refractivity contribution is 9.10. The van der Waals surface area contributed by atoms with Gasteiger partial charge >= 0.3 is 0 Å². The van der Waals surface area contributed by atoms with Gasteiger partial charge in [-0.3, -0.25) is 0 Å². The molecular weight excluding hydrogens is 376 g/mol. The standard InChI is InChI=1S/C15H23BrN4O2Si/c1-15(2,3)23-22-10-11-14(16)20-12(17-11)4-5-13(18-20)19-6-8-21-9-7-19/h4-5H,6-10,23H2,1-3H3. The van der Waals surface area contributed by atoms with Crippen molar-refractivity contribution in [3.8, 4) is 0 Å². The fourth-order valence-corrected chi connectivity index (χ4v) is 3.82. The number of ether oxygens (including phenoxy) is 1. The lowest BCUT2D eigenvalue weighted by atomic mass is 10.3. The second-order valence-corrected chi connectivity index (χ2v) is 10.5. The van der Waals surface area contributed by atoms with Crippen molar-refractivity contribution < 1.29 is 9.16 Å². The summed E-state index contributed by atoms with van der Waals surface area (Å²) in [4.78, 5) is 6.86. The monoisotopic (exact) mass is 398 g/mol. The maximum absolute atomic E-state index is 5.92. The van der Waals surface area contributed by atoms with Gasteiger partial charge < -0.3 is 14.1 Å². The van der Waals surface area contributed by atoms with E-state index < -0.39 is 9.76 Å². The van der Waals surface area contributed by atoms with Gasteiger partial charge in [0.2, 0.25) is 0 Å². The van der Waals surface area contributed by atoms with Gasteiger partial charge in [0, 0.05) is 13.1 Å². The van der Waals surface area contributed by atoms with E-state index in [1.807, 2.05) is 16.6 Å². The normalized spacial score (nSPS) is 16.8. The van der Waals surface area contributed by atoms with Crippen molar-refractivity contribution in [2.45, 2.75) is 32.4 Å². The number of nitrogens with zero attached hydrogens (tertiary/aromatic N) is 4. The van der Waals surface area contributed by atoms with Crippen LogP contribution < -0.4 is 4.90 Å². The Labute approximate surface area is 147 Å². The van der Waals surface area contributed by atoms with Crippen LogP contribution in [0.5, 0.6) is 0 Å². The Kier molecular flexibility index (Phi) is 5.05. The molecule has 6 nitrogen and oxygen atoms in total. The molecule has 0 aliphatic carbocycles. The second-order valence-electron chi connectivity index (χ2n) is 6.96. The Hall–Kier alpha value is -0.963. The summed E-state index contributed by atoms with van der Waals surface area (Å²) < 4.78 is 14.0. The van der Waals surface area contributed by atoms with E-state index in [1.54, 1.807) is 0 Å². The maximum Gasteiger partial charge on any atom is 0.167 e. The smallest absolute Gasteiger partial charge is 0.167 e. The number of hydrogen-bond acceptors (Lipinski definition) is 5. The molecule has 0 atom stereocenters. The number of hydrogen-bond donors (Lipinski definition) is 0. The summed E-state index contributed by atoms with van der Waals surface area (Å²) in [5.74, 6) is 0.954. The number of imidazole rings is 1. The first kappa shape index (κ1) is 16.9. The number of anilines is 1. The molecule has 3 heterocycles. The molecule has 1 fully saturated rings. The molecule has 1 aliphatic heterocycles. The number of aromatic nitrogens is 3. The van der Waals surface area contributed by atoms with Crippen molar-refractivity contribution in [2.24, 2.45) is 0 Å². The van der Waals surface area contributed by atoms with E-state index in [-0.39, 0.29) is 5.04 Å². The van der Waals surface area contributed by atoms with Gasteiger partial charge in [-0.25, -0.2) is 9.50 Å². The van der Waals surface area contributed by atoms with Gasteiger partial charge in [0.1, 0.15) is 16.1 Å². The minimum atomic E-state index is -0.583. The lowest BCUT2D eigenvalue weighted by molar-refractivity contribution is 0.122. The summed E-state index contributed by atoms with van der Waals surface area (Å²) in [7, 11) is -0.583. The van der Waals surface area contributed by atoms with E-state index in [4.69, 9.17) is 14.3 Å². The van der Waals surface area contributed by atoms with Crippen LogP contribution in [0.3, 0.4) is 0 Å². The molecule has 0 unspecified atom stereocenters. The third kappa shape index (κ3) is 4.12. The molecule has 23 heavy (non-hydrogen) atoms. The molecule has 8 heteroatoms. The van der Waals surface area contributed by atoms with Gasteiger partial charge in [0.15, 0.2) is 15.4 Å². The van der Waals surface area contributed by atoms with Crippen molar-refractivity contribution in [1.29, 1.82) is 0 Å². The van der Waals surface area contributed by atoms with E-state index in [2.05, 4.69) is 46.6 Å². The first-order valence-corrected chi connectivity index (χ1v) is 9.96. The Bertz CT molecular complexity index is 680. The van der Waals surface area contributed by atoms with E-state index >= 15 is 0 Å². The number of morpholine rings is 1. The first-order chi connectivity index (χ1) is 10.9. The van der Waals surface area contributed by atoms with Crippen molar-refractivity contribution in [3.63, 3.8) is 0 Å². The summed E-state index contributed by atoms with van der Waals surface area (Å²) in [6.45, 7) is 10.4. The molecule has 2 aromatic rings. The zero-order valence-corrected chi connectivity index (χ0v) is 16.9. The zero-order chi connectivity index (χ0) is 16.4. The highest BCUT2D eigenvalue weighted by atomic mass is 79.9. The fourth-order valence-electron chi connectivity index (χ4n) is 2.45. The first-order valence-electron chi connectivity index (χ1n) is 7.89. The summed E-state index contributed by atoms with van der Waals surface area (Å²) in [6, 6.07) is 4.03. The largest absolute Gasteiger partial charge is 0.417 e. The predicted octanol–water partition coefficient (Wildman–Crippen LogP) is 2.15. The van der Waals surface area contributed by atoms with Crippen LogP contribution >= 0.6 is 15.9 Å². The van der Waals surface area contributed by atoms with Crippen molar-refractivity contribution in [1.82, 2.24) is 14.6 Å². The van der Waals surface area contributed by atoms with Crippen LogP contribution in [-0.2, 0) is 15.8 Å². The van der Waals surface area contributed by atoms with Crippen LogP contribution in [0.4, 0.5) is 5.82 Å². The van der Waals surface area contributed by atoms with Gasteiger partial charge in [-0.15, -0.1) is 5.10 Å². The molecule has 0 spiro atoms. The third-order valence-electron chi connectivity index (χ3n) is 3.58. The maximum atomic E-state index is 5.92. The molecular formula is C15H23BrN4O2Si. The molecule has 0 N–H and O–H groups in total. The quantitative estimate of drug-likeness (QED) is 0.738. The average molecular weight is 399 g/mol. The molecule has 3 rings (SSSR count). The van der Waals surface area contributed by atoms with Gasteiger partial charge in [0.25, 0.3) is 0 Å². The Morgan fingerprint density at radius 1 is 1.30 bits per heavy atom. The van der Waals surface area contributed by atoms with Crippen LogP contribution in [0, 0.1) is 0 Å². The van der Waals surface area contributed by atoms with Crippen LogP contribution in [0.15, 0.2) is 16.7 Å². The van der Waals surface area contributed by atoms with Crippen LogP contribution in [0.1, 0.15) is 26.5 Å². The third-order valence-corrected chi connectivity index (χ3v) is 5.65. The Balaban J connectivity index is 1.78. The van der Waals surface area contributed by atoms with Crippen molar-refractivity contribution in [3.05, 3.63) is 22.4 Å². The minimum Gasteiger partial charge on any atom is -0.417 e. The number of fused-ring (bicyclic) bond motifs is 1. The molecule has 1 saturated heterocycles. The summed E-state index contributed by atoms with van der Waals surface area (Å²) in [5.41, 5.74) is 1.75. The van der Waals surface area contributed by atoms with Crippen molar-refractivity contribution in [2.75, 3.05) is 31.2 Å². The molecule has 1 aliphatic rings. The van der Waals surface area contributed by atoms with E-state index in [0.29, 0.717) is 6.61 Å². The lowest BCUT2D eigenvalue weighted by Crippen LogP contribution is -2.37. The van der Waals surface area contributed by atoms with E-state index in [9.17, 15) is 0 Å². The Morgan fingerprint density at radius 2 is 2.04 bits per heavy atom. The molecule has 0 aromatic carbocycles. The van der Waals surface area contributed by atoms with Crippen LogP contribution in [0.25, 0.3) is 5.65 Å². The number of rotatable bonds is 4. The highest BCUT2D eigenvalue weighted by Crippen LogP contribution is 2.24. The van der Waals surface area contributed by atoms with Gasteiger partial charge in [0.05, 0.1) is 19.8 Å². The lowest BCUT2D eigenvalue weighted by Gasteiger charge is -2.27. The van der Waals surface area contributed by atoms with Crippen LogP contribution in [-0.4, -0.2) is 50.7 Å². The molecule has 0 bridgehead atoms. The molecule has 2 aromatic heterocycles.